The van der Waals surface area contributed by atoms with Gasteiger partial charge in [-0.3, -0.25) is 9.59 Å². The van der Waals surface area contributed by atoms with E-state index in [4.69, 9.17) is 0 Å². The van der Waals surface area contributed by atoms with Crippen molar-refractivity contribution >= 4 is 17.5 Å². The van der Waals surface area contributed by atoms with E-state index in [9.17, 15) is 9.59 Å². The average Bonchev–Trinajstić information content (AvgIpc) is 3.05. The van der Waals surface area contributed by atoms with Crippen LogP contribution in [0.25, 0.3) is 0 Å². The molecule has 170 valence electrons. The number of aromatic nitrogens is 1. The molecule has 1 aliphatic heterocycles. The van der Waals surface area contributed by atoms with Crippen LogP contribution in [-0.4, -0.2) is 54.8 Å². The van der Waals surface area contributed by atoms with Crippen LogP contribution in [0.15, 0.2) is 36.5 Å². The van der Waals surface area contributed by atoms with E-state index >= 15 is 0 Å². The topological polar surface area (TPSA) is 65.5 Å². The number of fused-ring (bicyclic) bond motifs is 1. The van der Waals surface area contributed by atoms with Crippen molar-refractivity contribution in [1.29, 1.82) is 0 Å². The largest absolute Gasteiger partial charge is 0.355 e. The maximum Gasteiger partial charge on any atom is 0.220 e. The van der Waals surface area contributed by atoms with Gasteiger partial charge in [-0.1, -0.05) is 18.2 Å². The van der Waals surface area contributed by atoms with Crippen molar-refractivity contribution in [3.8, 4) is 0 Å². The highest BCUT2D eigenvalue weighted by Crippen LogP contribution is 2.23. The van der Waals surface area contributed by atoms with Crippen molar-refractivity contribution in [2.75, 3.05) is 38.1 Å². The molecule has 0 bridgehead atoms. The van der Waals surface area contributed by atoms with Gasteiger partial charge in [0.1, 0.15) is 5.82 Å². The van der Waals surface area contributed by atoms with Crippen LogP contribution in [0.5, 0.6) is 0 Å². The minimum absolute atomic E-state index is 0.0441. The van der Waals surface area contributed by atoms with Gasteiger partial charge in [0.15, 0.2) is 5.78 Å². The molecule has 0 saturated carbocycles. The van der Waals surface area contributed by atoms with Gasteiger partial charge in [-0.25, -0.2) is 4.98 Å². The Morgan fingerprint density at radius 1 is 0.938 bits per heavy atom. The average molecular weight is 435 g/mol. The van der Waals surface area contributed by atoms with Crippen LogP contribution in [0.2, 0.25) is 0 Å². The molecule has 1 fully saturated rings. The number of nitrogens with one attached hydrogen (secondary N) is 1. The number of carbonyl (C=O) groups is 2. The predicted octanol–water partition coefficient (Wildman–Crippen LogP) is 3.38. The zero-order valence-electron chi connectivity index (χ0n) is 19.1. The smallest absolute Gasteiger partial charge is 0.220 e. The predicted molar refractivity (Wildman–Crippen MR) is 127 cm³/mol. The number of nitrogens with zero attached hydrogens (tertiary/aromatic N) is 3. The summed E-state index contributed by atoms with van der Waals surface area (Å²) < 4.78 is 0. The number of amides is 1. The lowest BCUT2D eigenvalue weighted by molar-refractivity contribution is -0.121. The van der Waals surface area contributed by atoms with Crippen LogP contribution in [0.3, 0.4) is 0 Å². The standard InChI is InChI=1S/C26H34N4O2/c1-29-13-4-14-30(16-15-29)25-11-7-20(18-27-25)19-28-26(32)12-10-24(31)23-9-8-21-5-2-3-6-22(21)17-23/h7-9,11,17-18H,2-6,10,12-16,19H2,1H3,(H,28,32). The van der Waals surface area contributed by atoms with Crippen LogP contribution in [-0.2, 0) is 24.2 Å². The Morgan fingerprint density at radius 2 is 1.78 bits per heavy atom. The SMILES string of the molecule is CN1CCCN(c2ccc(CNC(=O)CCC(=O)c3ccc4c(c3)CCCC4)cn2)CC1. The summed E-state index contributed by atoms with van der Waals surface area (Å²) in [6.45, 7) is 4.60. The van der Waals surface area contributed by atoms with Crippen LogP contribution in [0, 0.1) is 0 Å². The van der Waals surface area contributed by atoms with Crippen LogP contribution >= 0.6 is 0 Å². The van der Waals surface area contributed by atoms with Crippen LogP contribution < -0.4 is 10.2 Å². The van der Waals surface area contributed by atoms with Crippen molar-refractivity contribution in [2.24, 2.45) is 0 Å². The molecule has 6 nitrogen and oxygen atoms in total. The number of ketones is 1. The zero-order chi connectivity index (χ0) is 22.3. The first-order valence-corrected chi connectivity index (χ1v) is 11.9. The van der Waals surface area contributed by atoms with Crippen molar-refractivity contribution in [2.45, 2.75) is 51.5 Å². The van der Waals surface area contributed by atoms with E-state index < -0.39 is 0 Å². The molecule has 32 heavy (non-hydrogen) atoms. The number of pyridine rings is 1. The first-order chi connectivity index (χ1) is 15.6. The number of carbonyl (C=O) groups excluding carboxylic acids is 2. The molecule has 2 heterocycles. The number of likely N-dealkylation sites (N-methyl/N-ethyl adjacent to an activating group) is 1. The summed E-state index contributed by atoms with van der Waals surface area (Å²) in [5, 5.41) is 2.92. The molecule has 0 spiro atoms. The van der Waals surface area contributed by atoms with E-state index in [0.29, 0.717) is 6.54 Å². The molecule has 1 aromatic carbocycles. The number of anilines is 1. The summed E-state index contributed by atoms with van der Waals surface area (Å²) in [5.41, 5.74) is 4.37. The van der Waals surface area contributed by atoms with E-state index in [0.717, 1.165) is 62.4 Å². The van der Waals surface area contributed by atoms with Crippen molar-refractivity contribution < 1.29 is 9.59 Å². The van der Waals surface area contributed by atoms with Gasteiger partial charge >= 0.3 is 0 Å². The third kappa shape index (κ3) is 5.94. The monoisotopic (exact) mass is 434 g/mol. The molecule has 1 amide bonds. The quantitative estimate of drug-likeness (QED) is 0.677. The number of rotatable bonds is 7. The minimum atomic E-state index is -0.101. The van der Waals surface area contributed by atoms with Gasteiger partial charge in [0.05, 0.1) is 0 Å². The second-order valence-corrected chi connectivity index (χ2v) is 9.06. The number of benzene rings is 1. The second kappa shape index (κ2) is 10.7. The molecule has 1 aromatic heterocycles. The summed E-state index contributed by atoms with van der Waals surface area (Å²) in [5.74, 6) is 0.935. The van der Waals surface area contributed by atoms with Gasteiger partial charge in [-0.05, 0) is 74.5 Å². The van der Waals surface area contributed by atoms with Crippen LogP contribution in [0.1, 0.15) is 59.2 Å². The molecule has 1 aliphatic carbocycles. The van der Waals surface area contributed by atoms with E-state index in [1.165, 1.54) is 24.0 Å². The Morgan fingerprint density at radius 3 is 2.59 bits per heavy atom. The number of Topliss-reactive ketones (excluding diaryl/α,β-unsaturated/α-hetero) is 1. The number of hydrogen-bond acceptors (Lipinski definition) is 5. The summed E-state index contributed by atoms with van der Waals surface area (Å²) in [6, 6.07) is 10.1. The maximum atomic E-state index is 12.5. The normalized spacial score (nSPS) is 16.8. The van der Waals surface area contributed by atoms with Gasteiger partial charge in [0.25, 0.3) is 0 Å². The molecule has 2 aliphatic rings. The Labute approximate surface area is 191 Å². The van der Waals surface area contributed by atoms with Gasteiger partial charge in [0.2, 0.25) is 5.91 Å². The molecule has 4 rings (SSSR count). The lowest BCUT2D eigenvalue weighted by Gasteiger charge is -2.21. The van der Waals surface area contributed by atoms with Crippen molar-refractivity contribution in [1.82, 2.24) is 15.2 Å². The molecule has 0 radical (unpaired) electrons. The van der Waals surface area contributed by atoms with E-state index in [-0.39, 0.29) is 24.5 Å². The summed E-state index contributed by atoms with van der Waals surface area (Å²) in [6.07, 6.45) is 8.01. The van der Waals surface area contributed by atoms with Gasteiger partial charge in [-0.15, -0.1) is 0 Å². The van der Waals surface area contributed by atoms with E-state index in [1.807, 2.05) is 30.5 Å². The summed E-state index contributed by atoms with van der Waals surface area (Å²) in [7, 11) is 2.16. The lowest BCUT2D eigenvalue weighted by atomic mass is 9.89. The Bertz CT molecular complexity index is 941. The third-order valence-electron chi connectivity index (χ3n) is 6.59. The van der Waals surface area contributed by atoms with Gasteiger partial charge in [0, 0.05) is 50.8 Å². The third-order valence-corrected chi connectivity index (χ3v) is 6.59. The first-order valence-electron chi connectivity index (χ1n) is 11.9. The summed E-state index contributed by atoms with van der Waals surface area (Å²) in [4.78, 5) is 34.1. The number of aryl methyl sites for hydroxylation is 2. The fraction of sp³-hybridized carbons (Fsp3) is 0.500. The number of hydrogen-bond donors (Lipinski definition) is 1. The van der Waals surface area contributed by atoms with Crippen molar-refractivity contribution in [3.63, 3.8) is 0 Å². The van der Waals surface area contributed by atoms with Gasteiger partial charge < -0.3 is 15.1 Å². The Hall–Kier alpha value is -2.73. The molecule has 1 N–H and O–H groups in total. The van der Waals surface area contributed by atoms with Crippen molar-refractivity contribution in [3.05, 3.63) is 58.8 Å². The van der Waals surface area contributed by atoms with E-state index in [1.54, 1.807) is 0 Å². The molecule has 1 saturated heterocycles. The van der Waals surface area contributed by atoms with E-state index in [2.05, 4.69) is 33.2 Å². The fourth-order valence-corrected chi connectivity index (χ4v) is 4.55. The fourth-order valence-electron chi connectivity index (χ4n) is 4.55. The minimum Gasteiger partial charge on any atom is -0.355 e. The Balaban J connectivity index is 1.22. The molecule has 0 atom stereocenters. The van der Waals surface area contributed by atoms with Gasteiger partial charge in [-0.2, -0.15) is 0 Å². The Kier molecular flexibility index (Phi) is 7.53. The highest BCUT2D eigenvalue weighted by Gasteiger charge is 2.15. The first kappa shape index (κ1) is 22.5. The molecular formula is C26H34N4O2. The second-order valence-electron chi connectivity index (χ2n) is 9.06. The lowest BCUT2D eigenvalue weighted by Crippen LogP contribution is -2.29. The summed E-state index contributed by atoms with van der Waals surface area (Å²) >= 11 is 0. The molecular weight excluding hydrogens is 400 g/mol. The zero-order valence-corrected chi connectivity index (χ0v) is 19.1. The highest BCUT2D eigenvalue weighted by atomic mass is 16.2. The highest BCUT2D eigenvalue weighted by molar-refractivity contribution is 5.98. The molecule has 6 heteroatoms. The maximum absolute atomic E-state index is 12.5. The molecule has 0 unspecified atom stereocenters. The van der Waals surface area contributed by atoms with Crippen LogP contribution in [0.4, 0.5) is 5.82 Å². The molecule has 2 aromatic rings.